The molecule has 7 N–H and O–H groups in total. The smallest absolute Gasteiger partial charge is 0.386 e. The summed E-state index contributed by atoms with van der Waals surface area (Å²) in [6.45, 7) is 22.7. The summed E-state index contributed by atoms with van der Waals surface area (Å²) < 4.78 is 81.3. The predicted octanol–water partition coefficient (Wildman–Crippen LogP) is 16.0. The van der Waals surface area contributed by atoms with E-state index in [9.17, 15) is 74.9 Å². The molecule has 4 aromatic heterocycles. The maximum atomic E-state index is 13.7. The molecule has 6 aliphatic heterocycles. The molecule has 658 valence electrons. The standard InChI is InChI=1S/C47H52F3N7O5S.C46H50F3N7O5S/c1-26-30-7-5-9-35(40(30)44(61)57(26)36-15-16-39(58)54-42(36)60)55(4)18-17-28-21-46(22-28)24-56(25-46)23-27-11-13-29(14-12-27)43-53-34-19-31(45(2,3)62)33(20-37(34)63-43)52-41(59)32-8-6-10-38(51-32)47(48,49)50;1-25-7-14-36(40(58)51-25)56-42(59)30-13-12-29(17-31(30)43(56)60)50-16-15-27-20-45(21-27)23-55(24-45)22-26-8-10-28(11-9-26)41-54-35-18-32(44(2,3)61)34(19-37(35)62-41)53-39(57)33-5-4-6-38(52-33)46(47,48)49/h5-10,19-20,27-29,36,62H,1,11-18,21-25H2,2-4H3,(H,52,59)(H,54,58,60);4-6,12-13,17-19,26-28,36,50,61H,1,7-11,14-16,20-24H2,2-3H3,(H,51,58)(H,53,57). The number of aliphatic hydroxyl groups is 2. The summed E-state index contributed by atoms with van der Waals surface area (Å²) in [5.74, 6) is -0.677. The van der Waals surface area contributed by atoms with Crippen molar-refractivity contribution in [3.63, 3.8) is 0 Å². The lowest BCUT2D eigenvalue weighted by Crippen LogP contribution is -2.63. The summed E-state index contributed by atoms with van der Waals surface area (Å²) in [5.41, 5.74) is 2.61. The number of amides is 8. The molecule has 8 amide bonds. The molecule has 4 aliphatic carbocycles. The zero-order chi connectivity index (χ0) is 88.3. The third kappa shape index (κ3) is 17.8. The van der Waals surface area contributed by atoms with Gasteiger partial charge in [0.25, 0.3) is 29.5 Å². The summed E-state index contributed by atoms with van der Waals surface area (Å²) in [7, 11) is 2.02. The minimum absolute atomic E-state index is 0.189. The fourth-order valence-corrected chi connectivity index (χ4v) is 23.4. The SMILES string of the molecule is C=C1CCC(N2C(=O)c3ccc(NCCC4CC5(C4)CN(CC4CCC(c6nc7cc(C(C)(C)O)c(NC(=O)c8cccc(C(F)(F)F)n8)cc7s6)CC4)C5)cc3C2=O)C(=O)N1.C=C1c2cccc(N(C)CCC3CC4(C3)CN(CC3CCC(c5nc6cc(C(C)(C)O)c(NC(=O)c7cccc(C(F)(F)F)n7)cc6s5)CC3)C4)c2C(=O)N1C1CCC(=O)NC1=O. The number of nitrogens with zero attached hydrogens (tertiary/aromatic N) is 9. The summed E-state index contributed by atoms with van der Waals surface area (Å²) in [6, 6.07) is 22.8. The highest BCUT2D eigenvalue weighted by molar-refractivity contribution is 7.19. The van der Waals surface area contributed by atoms with Gasteiger partial charge in [-0.1, -0.05) is 37.4 Å². The van der Waals surface area contributed by atoms with Crippen LogP contribution < -0.4 is 31.5 Å². The molecular weight excluding hydrogens is 1650 g/mol. The van der Waals surface area contributed by atoms with E-state index in [1.54, 1.807) is 86.8 Å². The number of alkyl halides is 6. The molecule has 2 atom stereocenters. The van der Waals surface area contributed by atoms with Gasteiger partial charge in [-0.3, -0.25) is 53.5 Å². The Labute approximate surface area is 727 Å². The summed E-state index contributed by atoms with van der Waals surface area (Å²) in [5, 5.41) is 37.9. The first-order chi connectivity index (χ1) is 59.3. The number of benzene rings is 4. The molecule has 4 aromatic carbocycles. The van der Waals surface area contributed by atoms with Crippen LogP contribution in [0.3, 0.4) is 0 Å². The van der Waals surface area contributed by atoms with E-state index < -0.39 is 76.6 Å². The number of hydrogen-bond donors (Lipinski definition) is 7. The zero-order valence-electron chi connectivity index (χ0n) is 70.4. The largest absolute Gasteiger partial charge is 0.433 e. The first kappa shape index (κ1) is 86.7. The number of thiazole rings is 2. The maximum Gasteiger partial charge on any atom is 0.433 e. The highest BCUT2D eigenvalue weighted by Gasteiger charge is 2.54. The van der Waals surface area contributed by atoms with Crippen LogP contribution in [-0.2, 0) is 37.9 Å². The fourth-order valence-electron chi connectivity index (χ4n) is 21.1. The molecule has 18 rings (SSSR count). The molecule has 0 bridgehead atoms. The molecule has 8 aromatic rings. The lowest BCUT2D eigenvalue weighted by atomic mass is 9.57. The summed E-state index contributed by atoms with van der Waals surface area (Å²) in [6.07, 6.45) is 7.53. The van der Waals surface area contributed by atoms with E-state index in [0.29, 0.717) is 121 Å². The number of carbonyl (C=O) groups excluding carboxylic acids is 8. The van der Waals surface area contributed by atoms with Crippen LogP contribution in [0, 0.1) is 34.5 Å². The number of likely N-dealkylation sites (tertiary alicyclic amines) is 2. The number of anilines is 4. The number of piperidine rings is 2. The van der Waals surface area contributed by atoms with Crippen molar-refractivity contribution in [1.82, 2.24) is 50.2 Å². The van der Waals surface area contributed by atoms with Gasteiger partial charge in [0.1, 0.15) is 34.9 Å². The van der Waals surface area contributed by atoms with Gasteiger partial charge in [0.15, 0.2) is 0 Å². The second-order valence-electron chi connectivity index (χ2n) is 37.6. The average Bonchev–Trinajstić information content (AvgIpc) is 1.72. The van der Waals surface area contributed by atoms with Crippen molar-refractivity contribution in [2.45, 2.75) is 191 Å². The van der Waals surface area contributed by atoms with Crippen LogP contribution in [0.5, 0.6) is 0 Å². The van der Waals surface area contributed by atoms with E-state index in [-0.39, 0.29) is 42.0 Å². The van der Waals surface area contributed by atoms with E-state index in [4.69, 9.17) is 9.97 Å². The number of imide groups is 2. The van der Waals surface area contributed by atoms with E-state index in [1.807, 2.05) is 31.3 Å². The van der Waals surface area contributed by atoms with Crippen molar-refractivity contribution < 1.29 is 74.9 Å². The third-order valence-corrected chi connectivity index (χ3v) is 29.7. The molecule has 10 aliphatic rings. The van der Waals surface area contributed by atoms with Gasteiger partial charge in [-0.05, 0) is 244 Å². The van der Waals surface area contributed by atoms with Crippen LogP contribution in [0.1, 0.15) is 245 Å². The van der Waals surface area contributed by atoms with Crippen LogP contribution in [0.25, 0.3) is 26.1 Å². The Bertz CT molecular complexity index is 5670. The highest BCUT2D eigenvalue weighted by Crippen LogP contribution is 2.56. The Hall–Kier alpha value is -10.4. The molecule has 24 nitrogen and oxygen atoms in total. The van der Waals surface area contributed by atoms with Gasteiger partial charge in [0.05, 0.1) is 58.3 Å². The van der Waals surface area contributed by atoms with Gasteiger partial charge in [-0.2, -0.15) is 26.3 Å². The normalized spacial score (nSPS) is 23.4. The Morgan fingerprint density at radius 1 is 0.544 bits per heavy atom. The van der Waals surface area contributed by atoms with Crippen LogP contribution in [0.2, 0.25) is 0 Å². The number of fused-ring (bicyclic) bond motifs is 4. The van der Waals surface area contributed by atoms with Crippen molar-refractivity contribution in [2.75, 3.05) is 80.3 Å². The number of halogens is 6. The van der Waals surface area contributed by atoms with E-state index >= 15 is 0 Å². The van der Waals surface area contributed by atoms with Crippen molar-refractivity contribution in [3.05, 3.63) is 182 Å². The van der Waals surface area contributed by atoms with Gasteiger partial charge in [0, 0.05) is 128 Å². The van der Waals surface area contributed by atoms with E-state index in [2.05, 4.69) is 64.4 Å². The first-order valence-corrected chi connectivity index (χ1v) is 44.9. The topological polar surface area (TPSA) is 305 Å². The van der Waals surface area contributed by atoms with Crippen LogP contribution in [0.4, 0.5) is 49.1 Å². The molecule has 125 heavy (non-hydrogen) atoms. The maximum absolute atomic E-state index is 13.7. The monoisotopic (exact) mass is 1750 g/mol. The lowest BCUT2D eigenvalue weighted by molar-refractivity contribution is -0.142. The minimum Gasteiger partial charge on any atom is -0.386 e. The van der Waals surface area contributed by atoms with Gasteiger partial charge in [-0.15, -0.1) is 22.7 Å². The summed E-state index contributed by atoms with van der Waals surface area (Å²) in [4.78, 5) is 130. The van der Waals surface area contributed by atoms with Crippen LogP contribution in [0.15, 0.2) is 116 Å². The van der Waals surface area contributed by atoms with E-state index in [0.717, 1.165) is 182 Å². The second-order valence-corrected chi connectivity index (χ2v) is 39.7. The van der Waals surface area contributed by atoms with Gasteiger partial charge in [0.2, 0.25) is 17.7 Å². The highest BCUT2D eigenvalue weighted by atomic mass is 32.1. The Kier molecular flexibility index (Phi) is 23.2. The number of carbonyl (C=O) groups is 8. The molecule has 8 fully saturated rings. The van der Waals surface area contributed by atoms with Crippen molar-refractivity contribution in [2.24, 2.45) is 34.5 Å². The van der Waals surface area contributed by atoms with Crippen molar-refractivity contribution >= 4 is 119 Å². The Balaban J connectivity index is 0.000000177. The average molecular weight is 1750 g/mol. The van der Waals surface area contributed by atoms with Crippen molar-refractivity contribution in [3.8, 4) is 0 Å². The van der Waals surface area contributed by atoms with Crippen LogP contribution in [-0.4, -0.2) is 168 Å². The molecule has 32 heteroatoms. The number of rotatable bonds is 22. The number of aromatic nitrogens is 4. The lowest BCUT2D eigenvalue weighted by Gasteiger charge is -2.60. The molecule has 2 unspecified atom stereocenters. The van der Waals surface area contributed by atoms with Gasteiger partial charge >= 0.3 is 12.4 Å². The quantitative estimate of drug-likeness (QED) is 0.0245. The molecule has 0 radical (unpaired) electrons. The second kappa shape index (κ2) is 33.4. The van der Waals surface area contributed by atoms with Crippen molar-refractivity contribution in [1.29, 1.82) is 0 Å². The van der Waals surface area contributed by atoms with Gasteiger partial charge in [-0.25, -0.2) is 19.9 Å². The first-order valence-electron chi connectivity index (χ1n) is 43.2. The number of hydrogen-bond acceptors (Lipinski definition) is 20. The molecule has 4 saturated heterocycles. The Morgan fingerprint density at radius 3 is 1.52 bits per heavy atom. The zero-order valence-corrected chi connectivity index (χ0v) is 72.1. The molecular formula is C93H102F6N14O10S2. The minimum atomic E-state index is -4.69. The number of allylic oxidation sites excluding steroid dienone is 1. The van der Waals surface area contributed by atoms with Gasteiger partial charge < -0.3 is 46.2 Å². The summed E-state index contributed by atoms with van der Waals surface area (Å²) >= 11 is 3.11. The third-order valence-electron chi connectivity index (χ3n) is 27.3. The number of pyridine rings is 2. The van der Waals surface area contributed by atoms with Crippen LogP contribution >= 0.6 is 22.7 Å². The molecule has 10 heterocycles. The molecule has 2 spiro atoms. The predicted molar refractivity (Wildman–Crippen MR) is 463 cm³/mol. The number of nitrogens with one attached hydrogen (secondary N) is 5. The Morgan fingerprint density at radius 2 is 1.02 bits per heavy atom. The van der Waals surface area contributed by atoms with E-state index in [1.165, 1.54) is 42.7 Å². The molecule has 4 saturated carbocycles. The fraction of sp³-hybridized carbons (Fsp3) is 0.484.